The van der Waals surface area contributed by atoms with Crippen molar-refractivity contribution in [3.05, 3.63) is 109 Å². The van der Waals surface area contributed by atoms with Crippen LogP contribution in [0.15, 0.2) is 79.3 Å². The first-order valence-electron chi connectivity index (χ1n) is 25.0. The number of primary amides is 1. The third-order valence-corrected chi connectivity index (χ3v) is 12.8. The lowest BCUT2D eigenvalue weighted by Gasteiger charge is -2.24. The van der Waals surface area contributed by atoms with E-state index in [4.69, 9.17) is 25.7 Å². The van der Waals surface area contributed by atoms with Crippen molar-refractivity contribution < 1.29 is 60.7 Å². The van der Waals surface area contributed by atoms with E-state index < -0.39 is 35.6 Å². The lowest BCUT2D eigenvalue weighted by molar-refractivity contribution is -0.667. The van der Waals surface area contributed by atoms with Crippen LogP contribution in [-0.4, -0.2) is 104 Å². The van der Waals surface area contributed by atoms with Crippen LogP contribution < -0.4 is 36.9 Å². The molecule has 0 spiro atoms. The van der Waals surface area contributed by atoms with Crippen LogP contribution in [0.25, 0.3) is 22.2 Å². The van der Waals surface area contributed by atoms with Crippen molar-refractivity contribution in [2.75, 3.05) is 68.7 Å². The zero-order valence-electron chi connectivity index (χ0n) is 43.8. The summed E-state index contributed by atoms with van der Waals surface area (Å²) in [4.78, 5) is 82.4. The SMILES string of the molecule is CC(=O)CCOCCOCCOCCC(=O)N[C@H](C(=O)C[C@@H](CCCNC(N)=O)C(=O)Nc1ccc(C[n+]2cnc(N)c3c(-c4ccc5c(c4)CCN5C(=O)Cc4cccc(C(F)(F)F)c4)cn(C)c32)cc1)C(C)C.[CH3-]. The molecule has 0 saturated carbocycles. The highest BCUT2D eigenvalue weighted by atomic mass is 19.4. The Morgan fingerprint density at radius 3 is 2.22 bits per heavy atom. The molecule has 76 heavy (non-hydrogen) atoms. The normalized spacial score (nSPS) is 13.0. The molecule has 0 unspecified atom stereocenters. The van der Waals surface area contributed by atoms with Gasteiger partial charge in [0.15, 0.2) is 5.78 Å². The van der Waals surface area contributed by atoms with Gasteiger partial charge in [0.25, 0.3) is 0 Å². The molecule has 3 aromatic carbocycles. The smallest absolute Gasteiger partial charge is 0.379 e. The third kappa shape index (κ3) is 16.9. The Kier molecular flexibility index (Phi) is 22.0. The van der Waals surface area contributed by atoms with Crippen molar-refractivity contribution in [2.24, 2.45) is 24.6 Å². The summed E-state index contributed by atoms with van der Waals surface area (Å²) in [7, 11) is 1.90. The molecule has 410 valence electrons. The average Bonchev–Trinajstić information content (AvgIpc) is 3.95. The summed E-state index contributed by atoms with van der Waals surface area (Å²) in [6.45, 7) is 7.80. The van der Waals surface area contributed by atoms with Crippen molar-refractivity contribution in [1.29, 1.82) is 0 Å². The van der Waals surface area contributed by atoms with E-state index >= 15 is 0 Å². The van der Waals surface area contributed by atoms with Crippen molar-refractivity contribution in [3.63, 3.8) is 0 Å². The Morgan fingerprint density at radius 1 is 0.882 bits per heavy atom. The van der Waals surface area contributed by atoms with Gasteiger partial charge < -0.3 is 54.0 Å². The maximum Gasteiger partial charge on any atom is 0.416 e. The van der Waals surface area contributed by atoms with Crippen LogP contribution in [0, 0.1) is 19.3 Å². The summed E-state index contributed by atoms with van der Waals surface area (Å²) in [5.41, 5.74) is 16.8. The number of ether oxygens (including phenoxy) is 3. The number of nitrogens with two attached hydrogens (primary N) is 2. The minimum atomic E-state index is -4.51. The summed E-state index contributed by atoms with van der Waals surface area (Å²) in [5, 5.41) is 8.99. The van der Waals surface area contributed by atoms with E-state index in [1.807, 2.05) is 66.6 Å². The molecule has 6 rings (SSSR count). The zero-order valence-corrected chi connectivity index (χ0v) is 43.8. The number of nitrogen functional groups attached to an aromatic ring is 1. The molecular formula is C55H70F3N9O9. The van der Waals surface area contributed by atoms with E-state index in [0.29, 0.717) is 76.0 Å². The van der Waals surface area contributed by atoms with Gasteiger partial charge in [0.05, 0.1) is 77.5 Å². The van der Waals surface area contributed by atoms with Crippen molar-refractivity contribution in [3.8, 4) is 11.1 Å². The number of anilines is 3. The molecule has 0 saturated heterocycles. The first kappa shape index (κ1) is 59.6. The van der Waals surface area contributed by atoms with Crippen LogP contribution in [0.3, 0.4) is 0 Å². The number of hydrogen-bond donors (Lipinski definition) is 5. The van der Waals surface area contributed by atoms with E-state index in [1.54, 1.807) is 23.4 Å². The predicted octanol–water partition coefficient (Wildman–Crippen LogP) is 6.28. The molecule has 7 N–H and O–H groups in total. The van der Waals surface area contributed by atoms with Crippen LogP contribution in [0.4, 0.5) is 35.2 Å². The minimum Gasteiger partial charge on any atom is -0.379 e. The highest BCUT2D eigenvalue weighted by Gasteiger charge is 2.33. The van der Waals surface area contributed by atoms with Crippen LogP contribution >= 0.6 is 0 Å². The van der Waals surface area contributed by atoms with Gasteiger partial charge in [-0.1, -0.05) is 55.2 Å². The van der Waals surface area contributed by atoms with E-state index in [-0.39, 0.29) is 87.7 Å². The molecule has 1 aliphatic heterocycles. The Bertz CT molecular complexity index is 2820. The summed E-state index contributed by atoms with van der Waals surface area (Å²) in [6.07, 6.45) is 0.323. The number of Topliss-reactive ketones (excluding diaryl/α,β-unsaturated/α-hetero) is 2. The fourth-order valence-corrected chi connectivity index (χ4v) is 8.93. The number of ketones is 2. The Labute approximate surface area is 441 Å². The van der Waals surface area contributed by atoms with Gasteiger partial charge in [-0.3, -0.25) is 28.5 Å². The zero-order chi connectivity index (χ0) is 54.2. The molecule has 5 amide bonds. The molecule has 0 radical (unpaired) electrons. The summed E-state index contributed by atoms with van der Waals surface area (Å²) in [6, 6.07) is 16.3. The largest absolute Gasteiger partial charge is 0.416 e. The number of halogens is 3. The number of aryl methyl sites for hydroxylation is 1. The summed E-state index contributed by atoms with van der Waals surface area (Å²) < 4.78 is 60.2. The Balaban J connectivity index is 0.0000107. The fourth-order valence-electron chi connectivity index (χ4n) is 8.93. The van der Waals surface area contributed by atoms with Crippen LogP contribution in [-0.2, 0) is 70.8 Å². The topological polar surface area (TPSA) is 243 Å². The van der Waals surface area contributed by atoms with Gasteiger partial charge >= 0.3 is 12.2 Å². The van der Waals surface area contributed by atoms with Crippen molar-refractivity contribution in [2.45, 2.75) is 84.5 Å². The standard InChI is InChI=1S/C54H66F3N9O9.CH3/c1-34(2)49(63-46(69)18-22-74-24-26-75-25-23-73-21-17-35(3)67)45(68)30-40(8-6-19-60-53(59)72)51(71)62-42-13-10-36(11-14-42)31-65-33-61-50(58)48-43(32-64(4)52(48)65)38-12-15-44-39(29-38)16-20-66(44)47(70)28-37-7-5-9-41(27-37)54(55,56)57;/h5,7,9-15,27,29,32-34,40,49,58H,6,8,16-26,28,30-31H2,1-4H3,(H5,59,60,62,63,69,71,72);1H3/q;-1/p+1/t40-,49+;/m1./s1. The first-order chi connectivity index (χ1) is 35.8. The van der Waals surface area contributed by atoms with Gasteiger partial charge in [0, 0.05) is 55.2 Å². The molecule has 21 heteroatoms. The second-order valence-corrected chi connectivity index (χ2v) is 18.9. The molecule has 0 bridgehead atoms. The number of carbonyl (C=O) groups is 6. The van der Waals surface area contributed by atoms with Gasteiger partial charge in [-0.2, -0.15) is 13.2 Å². The molecular weight excluding hydrogens is 988 g/mol. The number of benzene rings is 3. The Hall–Kier alpha value is -7.23. The number of rotatable bonds is 28. The van der Waals surface area contributed by atoms with Crippen LogP contribution in [0.1, 0.15) is 75.1 Å². The maximum atomic E-state index is 13.9. The number of aromatic nitrogens is 3. The summed E-state index contributed by atoms with van der Waals surface area (Å²) in [5.74, 6) is -2.09. The molecule has 0 aliphatic carbocycles. The second-order valence-electron chi connectivity index (χ2n) is 18.9. The van der Waals surface area contributed by atoms with E-state index in [2.05, 4.69) is 20.9 Å². The number of urea groups is 1. The quantitative estimate of drug-likeness (QED) is 0.0212. The van der Waals surface area contributed by atoms with Crippen LogP contribution in [0.2, 0.25) is 0 Å². The van der Waals surface area contributed by atoms with Crippen molar-refractivity contribution >= 4 is 63.5 Å². The molecule has 1 aliphatic rings. The van der Waals surface area contributed by atoms with Gasteiger partial charge in [0.1, 0.15) is 11.2 Å². The monoisotopic (exact) mass is 1060 g/mol. The minimum absolute atomic E-state index is 0. The lowest BCUT2D eigenvalue weighted by Crippen LogP contribution is -2.45. The highest BCUT2D eigenvalue weighted by Crippen LogP contribution is 2.37. The number of alkyl halides is 3. The average molecular weight is 1060 g/mol. The molecule has 2 atom stereocenters. The molecule has 2 aromatic heterocycles. The second kappa shape index (κ2) is 28.1. The molecule has 5 aromatic rings. The molecule has 18 nitrogen and oxygen atoms in total. The van der Waals surface area contributed by atoms with E-state index in [9.17, 15) is 41.9 Å². The number of hydrogen-bond acceptors (Lipinski definition) is 11. The van der Waals surface area contributed by atoms with Gasteiger partial charge in [0.2, 0.25) is 35.5 Å². The van der Waals surface area contributed by atoms with Crippen molar-refractivity contribution in [1.82, 2.24) is 20.2 Å². The number of nitrogens with zero attached hydrogens (tertiary/aromatic N) is 4. The van der Waals surface area contributed by atoms with Crippen LogP contribution in [0.5, 0.6) is 0 Å². The summed E-state index contributed by atoms with van der Waals surface area (Å²) >= 11 is 0. The predicted molar refractivity (Wildman–Crippen MR) is 282 cm³/mol. The fraction of sp³-hybridized carbons (Fsp3) is 0.436. The number of amides is 5. The number of carbonyl (C=O) groups excluding carboxylic acids is 6. The van der Waals surface area contributed by atoms with E-state index in [0.717, 1.165) is 45.4 Å². The number of nitrogens with one attached hydrogen (secondary N) is 3. The van der Waals surface area contributed by atoms with Gasteiger partial charge in [-0.15, -0.1) is 0 Å². The molecule has 3 heterocycles. The first-order valence-corrected chi connectivity index (χ1v) is 25.0. The highest BCUT2D eigenvalue weighted by molar-refractivity contribution is 6.01. The van der Waals surface area contributed by atoms with Gasteiger partial charge in [-0.25, -0.2) is 9.36 Å². The molecule has 0 fully saturated rings. The lowest BCUT2D eigenvalue weighted by atomic mass is 9.89. The number of fused-ring (bicyclic) bond motifs is 2. The maximum absolute atomic E-state index is 13.9. The van der Waals surface area contributed by atoms with E-state index in [1.165, 1.54) is 19.1 Å². The Morgan fingerprint density at radius 2 is 1.57 bits per heavy atom. The van der Waals surface area contributed by atoms with Gasteiger partial charge in [-0.05, 0) is 84.7 Å². The third-order valence-electron chi connectivity index (χ3n) is 12.8.